The van der Waals surface area contributed by atoms with Crippen molar-refractivity contribution in [2.75, 3.05) is 11.9 Å². The number of aromatic hydroxyl groups is 1. The van der Waals surface area contributed by atoms with E-state index in [1.54, 1.807) is 0 Å². The Morgan fingerprint density at radius 3 is 2.79 bits per heavy atom. The van der Waals surface area contributed by atoms with Gasteiger partial charge in [-0.1, -0.05) is 0 Å². The maximum absolute atomic E-state index is 11.6. The fourth-order valence-electron chi connectivity index (χ4n) is 1.34. The average Bonchev–Trinajstić information content (AvgIpc) is 2.31. The lowest BCUT2D eigenvalue weighted by molar-refractivity contribution is -0.384. The Balaban J connectivity index is 2.63. The number of non-ortho nitro benzene ring substituents is 1. The Hall–Kier alpha value is -2.15. The van der Waals surface area contributed by atoms with E-state index in [-0.39, 0.29) is 42.2 Å². The quantitative estimate of drug-likeness (QED) is 0.467. The summed E-state index contributed by atoms with van der Waals surface area (Å²) in [5.74, 6) is -0.597. The van der Waals surface area contributed by atoms with Gasteiger partial charge in [-0.3, -0.25) is 14.9 Å². The van der Waals surface area contributed by atoms with Crippen LogP contribution in [0.5, 0.6) is 5.75 Å². The van der Waals surface area contributed by atoms with Gasteiger partial charge in [0.1, 0.15) is 5.75 Å². The zero-order valence-corrected chi connectivity index (χ0v) is 10.8. The Bertz CT molecular complexity index is 473. The highest BCUT2D eigenvalue weighted by atomic mass is 16.6. The molecule has 104 valence electrons. The number of carbonyl (C=O) groups is 1. The maximum atomic E-state index is 11.6. The lowest BCUT2D eigenvalue weighted by Crippen LogP contribution is -2.16. The molecule has 1 amide bonds. The highest BCUT2D eigenvalue weighted by Gasteiger charge is 2.12. The largest absolute Gasteiger partial charge is 0.506 e. The number of nitrogens with zero attached hydrogens (tertiary/aromatic N) is 1. The zero-order chi connectivity index (χ0) is 14.4. The molecule has 0 saturated heterocycles. The second-order valence-corrected chi connectivity index (χ2v) is 4.18. The van der Waals surface area contributed by atoms with Crippen molar-refractivity contribution in [1.29, 1.82) is 0 Å². The number of benzene rings is 1. The van der Waals surface area contributed by atoms with E-state index in [1.165, 1.54) is 6.07 Å². The molecule has 0 saturated carbocycles. The number of phenolic OH excluding ortho intramolecular Hbond substituents is 1. The number of anilines is 1. The lowest BCUT2D eigenvalue weighted by atomic mass is 10.2. The Kier molecular flexibility index (Phi) is 5.25. The SMILES string of the molecule is CC(C)OCCC(=O)Nc1cc([N+](=O)[O-])ccc1O. The first-order valence-electron chi connectivity index (χ1n) is 5.79. The van der Waals surface area contributed by atoms with Crippen LogP contribution in [-0.4, -0.2) is 28.6 Å². The highest BCUT2D eigenvalue weighted by Crippen LogP contribution is 2.27. The highest BCUT2D eigenvalue weighted by molar-refractivity contribution is 5.92. The molecule has 0 bridgehead atoms. The van der Waals surface area contributed by atoms with Crippen molar-refractivity contribution in [3.8, 4) is 5.75 Å². The van der Waals surface area contributed by atoms with E-state index < -0.39 is 4.92 Å². The standard InChI is InChI=1S/C12H16N2O5/c1-8(2)19-6-5-12(16)13-10-7-9(14(17)18)3-4-11(10)15/h3-4,7-8,15H,5-6H2,1-2H3,(H,13,16). The van der Waals surface area contributed by atoms with Crippen molar-refractivity contribution in [3.63, 3.8) is 0 Å². The van der Waals surface area contributed by atoms with Crippen molar-refractivity contribution in [2.24, 2.45) is 0 Å². The Morgan fingerprint density at radius 1 is 1.53 bits per heavy atom. The molecule has 0 fully saturated rings. The van der Waals surface area contributed by atoms with Crippen LogP contribution in [0.15, 0.2) is 18.2 Å². The summed E-state index contributed by atoms with van der Waals surface area (Å²) in [6.45, 7) is 3.95. The van der Waals surface area contributed by atoms with Crippen LogP contribution in [0.25, 0.3) is 0 Å². The molecule has 1 rings (SSSR count). The molecule has 0 radical (unpaired) electrons. The summed E-state index contributed by atoms with van der Waals surface area (Å²) in [4.78, 5) is 21.5. The summed E-state index contributed by atoms with van der Waals surface area (Å²) in [5.41, 5.74) is -0.185. The van der Waals surface area contributed by atoms with E-state index in [1.807, 2.05) is 13.8 Å². The van der Waals surface area contributed by atoms with Crippen LogP contribution < -0.4 is 5.32 Å². The number of ether oxygens (including phenoxy) is 1. The molecule has 0 heterocycles. The maximum Gasteiger partial charge on any atom is 0.271 e. The van der Waals surface area contributed by atoms with Crippen LogP contribution in [0.1, 0.15) is 20.3 Å². The lowest BCUT2D eigenvalue weighted by Gasteiger charge is -2.09. The van der Waals surface area contributed by atoms with E-state index in [9.17, 15) is 20.0 Å². The summed E-state index contributed by atoms with van der Waals surface area (Å²) < 4.78 is 5.21. The Morgan fingerprint density at radius 2 is 2.21 bits per heavy atom. The molecule has 7 nitrogen and oxygen atoms in total. The normalized spacial score (nSPS) is 10.5. The molecule has 0 aliphatic carbocycles. The van der Waals surface area contributed by atoms with Gasteiger partial charge in [0.25, 0.3) is 5.69 Å². The Labute approximate surface area is 110 Å². The average molecular weight is 268 g/mol. The van der Waals surface area contributed by atoms with E-state index in [2.05, 4.69) is 5.32 Å². The third kappa shape index (κ3) is 4.92. The first kappa shape index (κ1) is 14.9. The van der Waals surface area contributed by atoms with Gasteiger partial charge in [-0.05, 0) is 19.9 Å². The predicted molar refractivity (Wildman–Crippen MR) is 69.1 cm³/mol. The molecule has 19 heavy (non-hydrogen) atoms. The molecule has 1 aromatic carbocycles. The van der Waals surface area contributed by atoms with E-state index >= 15 is 0 Å². The number of phenols is 1. The van der Waals surface area contributed by atoms with Gasteiger partial charge in [0, 0.05) is 12.1 Å². The van der Waals surface area contributed by atoms with E-state index in [0.717, 1.165) is 12.1 Å². The smallest absolute Gasteiger partial charge is 0.271 e. The summed E-state index contributed by atoms with van der Waals surface area (Å²) in [7, 11) is 0. The minimum absolute atomic E-state index is 0.0174. The molecule has 0 aromatic heterocycles. The molecule has 2 N–H and O–H groups in total. The van der Waals surface area contributed by atoms with Crippen LogP contribution >= 0.6 is 0 Å². The summed E-state index contributed by atoms with van der Waals surface area (Å²) in [6, 6.07) is 3.43. The van der Waals surface area contributed by atoms with Gasteiger partial charge in [0.05, 0.1) is 29.7 Å². The molecule has 0 atom stereocenters. The van der Waals surface area contributed by atoms with Gasteiger partial charge in [0.2, 0.25) is 5.91 Å². The first-order valence-corrected chi connectivity index (χ1v) is 5.79. The van der Waals surface area contributed by atoms with E-state index in [4.69, 9.17) is 4.74 Å². The van der Waals surface area contributed by atoms with Crippen LogP contribution in [-0.2, 0) is 9.53 Å². The number of nitro benzene ring substituents is 1. The minimum Gasteiger partial charge on any atom is -0.506 e. The van der Waals surface area contributed by atoms with Gasteiger partial charge >= 0.3 is 0 Å². The van der Waals surface area contributed by atoms with Gasteiger partial charge < -0.3 is 15.2 Å². The van der Waals surface area contributed by atoms with Crippen molar-refractivity contribution < 1.29 is 19.6 Å². The molecule has 0 unspecified atom stereocenters. The van der Waals surface area contributed by atoms with Crippen molar-refractivity contribution in [3.05, 3.63) is 28.3 Å². The van der Waals surface area contributed by atoms with Crippen molar-refractivity contribution in [2.45, 2.75) is 26.4 Å². The topological polar surface area (TPSA) is 102 Å². The zero-order valence-electron chi connectivity index (χ0n) is 10.8. The second-order valence-electron chi connectivity index (χ2n) is 4.18. The number of nitro groups is 1. The molecular formula is C12H16N2O5. The number of hydrogen-bond donors (Lipinski definition) is 2. The number of rotatable bonds is 6. The molecule has 0 aliphatic heterocycles. The summed E-state index contributed by atoms with van der Waals surface area (Å²) >= 11 is 0. The monoisotopic (exact) mass is 268 g/mol. The number of amides is 1. The van der Waals surface area contributed by atoms with Gasteiger partial charge in [-0.15, -0.1) is 0 Å². The van der Waals surface area contributed by atoms with Crippen LogP contribution in [0.4, 0.5) is 11.4 Å². The van der Waals surface area contributed by atoms with Crippen LogP contribution in [0.3, 0.4) is 0 Å². The molecule has 1 aromatic rings. The molecule has 0 spiro atoms. The predicted octanol–water partition coefficient (Wildman–Crippen LogP) is 2.05. The number of carbonyl (C=O) groups excluding carboxylic acids is 1. The molecule has 7 heteroatoms. The first-order chi connectivity index (χ1) is 8.90. The summed E-state index contributed by atoms with van der Waals surface area (Å²) in [6.07, 6.45) is 0.138. The third-order valence-corrected chi connectivity index (χ3v) is 2.25. The third-order valence-electron chi connectivity index (χ3n) is 2.25. The number of nitrogens with one attached hydrogen (secondary N) is 1. The van der Waals surface area contributed by atoms with Gasteiger partial charge in [-0.2, -0.15) is 0 Å². The van der Waals surface area contributed by atoms with Crippen molar-refractivity contribution >= 4 is 17.3 Å². The van der Waals surface area contributed by atoms with Crippen LogP contribution in [0, 0.1) is 10.1 Å². The molecular weight excluding hydrogens is 252 g/mol. The second kappa shape index (κ2) is 6.69. The fourth-order valence-corrected chi connectivity index (χ4v) is 1.34. The van der Waals surface area contributed by atoms with Gasteiger partial charge in [0.15, 0.2) is 0 Å². The fraction of sp³-hybridized carbons (Fsp3) is 0.417. The number of hydrogen-bond acceptors (Lipinski definition) is 5. The molecule has 0 aliphatic rings. The van der Waals surface area contributed by atoms with Crippen LogP contribution in [0.2, 0.25) is 0 Å². The van der Waals surface area contributed by atoms with E-state index in [0.29, 0.717) is 0 Å². The minimum atomic E-state index is -0.600. The summed E-state index contributed by atoms with van der Waals surface area (Å²) in [5, 5.41) is 22.5. The van der Waals surface area contributed by atoms with Gasteiger partial charge in [-0.25, -0.2) is 0 Å². The van der Waals surface area contributed by atoms with Crippen molar-refractivity contribution in [1.82, 2.24) is 0 Å².